The first-order valence-corrected chi connectivity index (χ1v) is 13.5. The number of nitrogens with zero attached hydrogens (tertiary/aromatic N) is 3. The zero-order valence-corrected chi connectivity index (χ0v) is 22.9. The maximum atomic E-state index is 5.29. The van der Waals surface area contributed by atoms with Crippen LogP contribution < -0.4 is 4.74 Å². The molecule has 3 aromatic rings. The van der Waals surface area contributed by atoms with E-state index in [1.54, 1.807) is 7.11 Å². The van der Waals surface area contributed by atoms with E-state index in [2.05, 4.69) is 103 Å². The third-order valence-corrected chi connectivity index (χ3v) is 8.19. The van der Waals surface area contributed by atoms with Crippen LogP contribution in [-0.4, -0.2) is 34.5 Å². The van der Waals surface area contributed by atoms with Crippen molar-refractivity contribution in [1.82, 2.24) is 4.90 Å². The zero-order valence-electron chi connectivity index (χ0n) is 22.9. The van der Waals surface area contributed by atoms with E-state index in [9.17, 15) is 0 Å². The van der Waals surface area contributed by atoms with Gasteiger partial charge in [-0.25, -0.2) is 0 Å². The Morgan fingerprint density at radius 2 is 1.54 bits per heavy atom. The fourth-order valence-electron chi connectivity index (χ4n) is 6.08. The third kappa shape index (κ3) is 5.26. The molecule has 0 saturated heterocycles. The molecule has 0 N–H and O–H groups in total. The number of hydrogen-bond acceptors (Lipinski definition) is 4. The summed E-state index contributed by atoms with van der Waals surface area (Å²) in [5, 5.41) is 9.09. The maximum absolute atomic E-state index is 5.29. The molecule has 2 aliphatic rings. The normalized spacial score (nSPS) is 19.4. The van der Waals surface area contributed by atoms with E-state index < -0.39 is 0 Å². The molecule has 1 heterocycles. The predicted octanol–water partition coefficient (Wildman–Crippen LogP) is 7.23. The second-order valence-electron chi connectivity index (χ2n) is 11.5. The summed E-state index contributed by atoms with van der Waals surface area (Å²) in [6.45, 7) is 10.4. The van der Waals surface area contributed by atoms with Gasteiger partial charge in [0, 0.05) is 24.0 Å². The van der Waals surface area contributed by atoms with E-state index in [-0.39, 0.29) is 11.1 Å². The molecule has 0 fully saturated rings. The Morgan fingerprint density at radius 1 is 0.865 bits per heavy atom. The second kappa shape index (κ2) is 10.3. The lowest BCUT2D eigenvalue weighted by Crippen LogP contribution is -2.58. The van der Waals surface area contributed by atoms with Crippen LogP contribution in [0.2, 0.25) is 0 Å². The first-order chi connectivity index (χ1) is 17.8. The quantitative estimate of drug-likeness (QED) is 0.348. The molecule has 192 valence electrons. The van der Waals surface area contributed by atoms with Gasteiger partial charge in [0.05, 0.1) is 18.5 Å². The number of rotatable bonds is 7. The van der Waals surface area contributed by atoms with Crippen LogP contribution in [0.4, 0.5) is 0 Å². The standard InChI is InChI=1S/C33H39N3O/c1-6-33(36(32(2,3)4)23-24-10-8-7-9-11-24)19-18-26-20-27(12-13-28(26)22-33)31-21-30(34-35-31)25-14-16-29(37-5)17-15-25/h7-17,20H,6,18-19,21-23H2,1-5H3. The Kier molecular flexibility index (Phi) is 7.04. The fraction of sp³-hybridized carbons (Fsp3) is 0.394. The minimum atomic E-state index is 0.0804. The van der Waals surface area contributed by atoms with E-state index in [4.69, 9.17) is 4.74 Å². The summed E-state index contributed by atoms with van der Waals surface area (Å²) in [4.78, 5) is 2.77. The average Bonchev–Trinajstić information content (AvgIpc) is 3.42. The van der Waals surface area contributed by atoms with Gasteiger partial charge >= 0.3 is 0 Å². The molecule has 1 atom stereocenters. The summed E-state index contributed by atoms with van der Waals surface area (Å²) in [6, 6.07) is 26.0. The van der Waals surface area contributed by atoms with Gasteiger partial charge in [0.2, 0.25) is 0 Å². The van der Waals surface area contributed by atoms with Gasteiger partial charge < -0.3 is 4.74 Å². The molecule has 0 bridgehead atoms. The molecule has 37 heavy (non-hydrogen) atoms. The molecule has 3 aromatic carbocycles. The highest BCUT2D eigenvalue weighted by Gasteiger charge is 2.43. The van der Waals surface area contributed by atoms with Gasteiger partial charge in [-0.05, 0) is 105 Å². The largest absolute Gasteiger partial charge is 0.497 e. The van der Waals surface area contributed by atoms with Gasteiger partial charge in [-0.1, -0.05) is 49.4 Å². The summed E-state index contributed by atoms with van der Waals surface area (Å²) >= 11 is 0. The fourth-order valence-corrected chi connectivity index (χ4v) is 6.08. The molecule has 0 amide bonds. The molecular weight excluding hydrogens is 454 g/mol. The van der Waals surface area contributed by atoms with Crippen LogP contribution in [0.1, 0.15) is 74.8 Å². The van der Waals surface area contributed by atoms with Gasteiger partial charge in [0.25, 0.3) is 0 Å². The molecule has 1 unspecified atom stereocenters. The van der Waals surface area contributed by atoms with E-state index in [0.717, 1.165) is 55.0 Å². The highest BCUT2D eigenvalue weighted by Crippen LogP contribution is 2.41. The summed E-state index contributed by atoms with van der Waals surface area (Å²) < 4.78 is 5.29. The van der Waals surface area contributed by atoms with Gasteiger partial charge in [-0.3, -0.25) is 4.90 Å². The lowest BCUT2D eigenvalue weighted by molar-refractivity contribution is -0.0166. The van der Waals surface area contributed by atoms with E-state index in [1.165, 1.54) is 28.7 Å². The minimum absolute atomic E-state index is 0.0804. The topological polar surface area (TPSA) is 37.2 Å². The highest BCUT2D eigenvalue weighted by atomic mass is 16.5. The molecule has 0 radical (unpaired) electrons. The lowest BCUT2D eigenvalue weighted by Gasteiger charge is -2.53. The molecule has 0 spiro atoms. The van der Waals surface area contributed by atoms with Crippen molar-refractivity contribution in [3.63, 3.8) is 0 Å². The van der Waals surface area contributed by atoms with Crippen LogP contribution in [-0.2, 0) is 19.4 Å². The zero-order chi connectivity index (χ0) is 26.0. The molecular formula is C33H39N3O. The van der Waals surface area contributed by atoms with Gasteiger partial charge in [0.15, 0.2) is 0 Å². The summed E-state index contributed by atoms with van der Waals surface area (Å²) in [7, 11) is 1.69. The molecule has 4 heteroatoms. The van der Waals surface area contributed by atoms with Crippen LogP contribution in [0.3, 0.4) is 0 Å². The second-order valence-corrected chi connectivity index (χ2v) is 11.5. The minimum Gasteiger partial charge on any atom is -0.497 e. The number of hydrogen-bond donors (Lipinski definition) is 0. The van der Waals surface area contributed by atoms with Gasteiger partial charge in [-0.2, -0.15) is 10.2 Å². The Bertz CT molecular complexity index is 1300. The molecule has 1 aliphatic heterocycles. The molecule has 1 aliphatic carbocycles. The van der Waals surface area contributed by atoms with Gasteiger partial charge in [-0.15, -0.1) is 0 Å². The van der Waals surface area contributed by atoms with Crippen LogP contribution in [0, 0.1) is 0 Å². The number of aryl methyl sites for hydroxylation is 1. The number of benzene rings is 3. The van der Waals surface area contributed by atoms with Crippen molar-refractivity contribution < 1.29 is 4.74 Å². The van der Waals surface area contributed by atoms with Crippen LogP contribution in [0.15, 0.2) is 83.0 Å². The molecule has 0 saturated carbocycles. The maximum Gasteiger partial charge on any atom is 0.118 e. The van der Waals surface area contributed by atoms with Crippen molar-refractivity contribution in [2.24, 2.45) is 10.2 Å². The number of ether oxygens (including phenoxy) is 1. The third-order valence-electron chi connectivity index (χ3n) is 8.19. The van der Waals surface area contributed by atoms with Crippen molar-refractivity contribution in [3.05, 3.63) is 101 Å². The highest BCUT2D eigenvalue weighted by molar-refractivity contribution is 6.20. The Balaban J connectivity index is 1.34. The monoisotopic (exact) mass is 493 g/mol. The van der Waals surface area contributed by atoms with Crippen molar-refractivity contribution in [3.8, 4) is 5.75 Å². The van der Waals surface area contributed by atoms with Crippen LogP contribution in [0.25, 0.3) is 0 Å². The van der Waals surface area contributed by atoms with Crippen LogP contribution >= 0.6 is 0 Å². The number of fused-ring (bicyclic) bond motifs is 1. The van der Waals surface area contributed by atoms with E-state index in [0.29, 0.717) is 0 Å². The average molecular weight is 494 g/mol. The van der Waals surface area contributed by atoms with Crippen molar-refractivity contribution in [1.29, 1.82) is 0 Å². The first-order valence-electron chi connectivity index (χ1n) is 13.5. The Hall–Kier alpha value is -3.24. The Labute approximate surface area is 222 Å². The van der Waals surface area contributed by atoms with Gasteiger partial charge in [0.1, 0.15) is 5.75 Å². The molecule has 0 aromatic heterocycles. The summed E-state index contributed by atoms with van der Waals surface area (Å²) in [6.07, 6.45) is 5.26. The Morgan fingerprint density at radius 3 is 2.19 bits per heavy atom. The predicted molar refractivity (Wildman–Crippen MR) is 154 cm³/mol. The molecule has 5 rings (SSSR count). The first kappa shape index (κ1) is 25.4. The van der Waals surface area contributed by atoms with Crippen molar-refractivity contribution in [2.45, 2.75) is 77.4 Å². The van der Waals surface area contributed by atoms with Crippen molar-refractivity contribution >= 4 is 11.4 Å². The smallest absolute Gasteiger partial charge is 0.118 e. The SMILES string of the molecule is CCC1(N(Cc2ccccc2)C(C)(C)C)CCc2cc(C3=NN=C(c4ccc(OC)cc4)C3)ccc2C1. The summed E-state index contributed by atoms with van der Waals surface area (Å²) in [5.74, 6) is 0.857. The lowest BCUT2D eigenvalue weighted by atomic mass is 9.73. The number of methoxy groups -OCH3 is 1. The van der Waals surface area contributed by atoms with E-state index >= 15 is 0 Å². The summed E-state index contributed by atoms with van der Waals surface area (Å²) in [5.41, 5.74) is 8.94. The van der Waals surface area contributed by atoms with Crippen LogP contribution in [0.5, 0.6) is 5.75 Å². The molecule has 4 nitrogen and oxygen atoms in total. The van der Waals surface area contributed by atoms with E-state index in [1.807, 2.05) is 12.1 Å². The van der Waals surface area contributed by atoms with Crippen molar-refractivity contribution in [2.75, 3.05) is 7.11 Å².